The van der Waals surface area contributed by atoms with E-state index >= 15 is 0 Å². The molecular formula is C17H25NO3. The molecule has 1 aromatic rings. The third kappa shape index (κ3) is 3.01. The third-order valence-corrected chi connectivity index (χ3v) is 4.87. The zero-order valence-corrected chi connectivity index (χ0v) is 13.0. The van der Waals surface area contributed by atoms with E-state index in [4.69, 9.17) is 14.2 Å². The number of hydrogen-bond donors (Lipinski definition) is 1. The summed E-state index contributed by atoms with van der Waals surface area (Å²) < 4.78 is 17.1. The molecule has 1 spiro atoms. The summed E-state index contributed by atoms with van der Waals surface area (Å²) in [5.41, 5.74) is 1.42. The van der Waals surface area contributed by atoms with Crippen LogP contribution in [0.1, 0.15) is 37.4 Å². The largest absolute Gasteiger partial charge is 0.497 e. The quantitative estimate of drug-likeness (QED) is 0.929. The summed E-state index contributed by atoms with van der Waals surface area (Å²) in [6.45, 7) is 2.73. The molecule has 1 saturated heterocycles. The summed E-state index contributed by atoms with van der Waals surface area (Å²) in [4.78, 5) is 0. The normalized spacial score (nSPS) is 24.8. The van der Waals surface area contributed by atoms with Gasteiger partial charge in [-0.15, -0.1) is 0 Å². The number of rotatable bonds is 3. The van der Waals surface area contributed by atoms with Gasteiger partial charge < -0.3 is 19.5 Å². The highest BCUT2D eigenvalue weighted by Gasteiger charge is 2.37. The zero-order chi connectivity index (χ0) is 14.7. The van der Waals surface area contributed by atoms with Gasteiger partial charge in [0.05, 0.1) is 26.9 Å². The van der Waals surface area contributed by atoms with Crippen molar-refractivity contribution in [1.29, 1.82) is 0 Å². The average molecular weight is 291 g/mol. The van der Waals surface area contributed by atoms with Crippen LogP contribution >= 0.6 is 0 Å². The Morgan fingerprint density at radius 3 is 2.71 bits per heavy atom. The van der Waals surface area contributed by atoms with Gasteiger partial charge in [-0.1, -0.05) is 12.8 Å². The van der Waals surface area contributed by atoms with Crippen molar-refractivity contribution in [2.75, 3.05) is 33.9 Å². The molecule has 0 bridgehead atoms. The minimum Gasteiger partial charge on any atom is -0.497 e. The van der Waals surface area contributed by atoms with Crippen LogP contribution in [0.5, 0.6) is 11.5 Å². The Morgan fingerprint density at radius 2 is 2.00 bits per heavy atom. The van der Waals surface area contributed by atoms with Crippen LogP contribution in [0, 0.1) is 5.41 Å². The molecule has 4 nitrogen and oxygen atoms in total. The Morgan fingerprint density at radius 1 is 1.19 bits per heavy atom. The molecule has 0 aromatic heterocycles. The standard InChI is InChI=1S/C17H25NO3/c1-19-13-5-6-15(20-2)14(9-13)16-10-18-11-17(12-21-16)7-3-4-8-17/h5-6,9,16,18H,3-4,7-8,10-12H2,1-2H3. The van der Waals surface area contributed by atoms with E-state index < -0.39 is 0 Å². The van der Waals surface area contributed by atoms with Crippen LogP contribution in [0.15, 0.2) is 18.2 Å². The first-order valence-corrected chi connectivity index (χ1v) is 7.81. The van der Waals surface area contributed by atoms with Crippen LogP contribution in [-0.4, -0.2) is 33.9 Å². The Labute approximate surface area is 126 Å². The molecule has 1 unspecified atom stereocenters. The Balaban J connectivity index is 1.80. The van der Waals surface area contributed by atoms with Crippen molar-refractivity contribution in [1.82, 2.24) is 5.32 Å². The molecular weight excluding hydrogens is 266 g/mol. The molecule has 0 radical (unpaired) electrons. The smallest absolute Gasteiger partial charge is 0.124 e. The molecule has 1 aromatic carbocycles. The lowest BCUT2D eigenvalue weighted by atomic mass is 9.87. The van der Waals surface area contributed by atoms with Gasteiger partial charge in [0.15, 0.2) is 0 Å². The maximum absolute atomic E-state index is 6.27. The van der Waals surface area contributed by atoms with Crippen LogP contribution < -0.4 is 14.8 Å². The lowest BCUT2D eigenvalue weighted by Gasteiger charge is -2.26. The van der Waals surface area contributed by atoms with E-state index in [1.165, 1.54) is 25.7 Å². The molecule has 1 aliphatic carbocycles. The molecule has 1 aliphatic heterocycles. The minimum absolute atomic E-state index is 0.0232. The second-order valence-corrected chi connectivity index (χ2v) is 6.25. The van der Waals surface area contributed by atoms with Gasteiger partial charge in [0.25, 0.3) is 0 Å². The fraction of sp³-hybridized carbons (Fsp3) is 0.647. The van der Waals surface area contributed by atoms with Crippen LogP contribution in [0.4, 0.5) is 0 Å². The molecule has 21 heavy (non-hydrogen) atoms. The monoisotopic (exact) mass is 291 g/mol. The van der Waals surface area contributed by atoms with Crippen LogP contribution in [0.2, 0.25) is 0 Å². The predicted molar refractivity (Wildman–Crippen MR) is 82.0 cm³/mol. The third-order valence-electron chi connectivity index (χ3n) is 4.87. The second-order valence-electron chi connectivity index (χ2n) is 6.25. The summed E-state index contributed by atoms with van der Waals surface area (Å²) in [5.74, 6) is 1.71. The Kier molecular flexibility index (Phi) is 4.36. The van der Waals surface area contributed by atoms with Crippen LogP contribution in [0.25, 0.3) is 0 Å². The predicted octanol–water partition coefficient (Wildman–Crippen LogP) is 2.93. The van der Waals surface area contributed by atoms with Crippen molar-refractivity contribution >= 4 is 0 Å². The second kappa shape index (κ2) is 6.24. The minimum atomic E-state index is 0.0232. The first-order chi connectivity index (χ1) is 10.3. The molecule has 3 rings (SSSR count). The van der Waals surface area contributed by atoms with E-state index in [1.54, 1.807) is 14.2 Å². The summed E-state index contributed by atoms with van der Waals surface area (Å²) in [6.07, 6.45) is 5.25. The number of methoxy groups -OCH3 is 2. The lowest BCUT2D eigenvalue weighted by Crippen LogP contribution is -2.32. The molecule has 0 amide bonds. The lowest BCUT2D eigenvalue weighted by molar-refractivity contribution is 0.0147. The van der Waals surface area contributed by atoms with E-state index in [0.29, 0.717) is 5.41 Å². The van der Waals surface area contributed by atoms with E-state index in [2.05, 4.69) is 5.32 Å². The highest BCUT2D eigenvalue weighted by Crippen LogP contribution is 2.41. The van der Waals surface area contributed by atoms with Gasteiger partial charge in [-0.3, -0.25) is 0 Å². The van der Waals surface area contributed by atoms with Gasteiger partial charge in [-0.25, -0.2) is 0 Å². The van der Waals surface area contributed by atoms with E-state index in [0.717, 1.165) is 36.8 Å². The van der Waals surface area contributed by atoms with Crippen molar-refractivity contribution in [3.63, 3.8) is 0 Å². The number of hydrogen-bond acceptors (Lipinski definition) is 4. The van der Waals surface area contributed by atoms with Crippen molar-refractivity contribution < 1.29 is 14.2 Å². The van der Waals surface area contributed by atoms with Gasteiger partial charge in [-0.05, 0) is 31.0 Å². The first kappa shape index (κ1) is 14.7. The summed E-state index contributed by atoms with van der Waals surface area (Å²) in [6, 6.07) is 5.90. The summed E-state index contributed by atoms with van der Waals surface area (Å²) in [7, 11) is 3.39. The maximum Gasteiger partial charge on any atom is 0.124 e. The maximum atomic E-state index is 6.27. The number of benzene rings is 1. The van der Waals surface area contributed by atoms with E-state index in [1.807, 2.05) is 18.2 Å². The molecule has 2 fully saturated rings. The van der Waals surface area contributed by atoms with Gasteiger partial charge in [-0.2, -0.15) is 0 Å². The summed E-state index contributed by atoms with van der Waals surface area (Å²) >= 11 is 0. The topological polar surface area (TPSA) is 39.7 Å². The average Bonchev–Trinajstić information content (AvgIpc) is 2.88. The molecule has 1 saturated carbocycles. The molecule has 1 atom stereocenters. The Bertz CT molecular complexity index is 483. The SMILES string of the molecule is COc1ccc(OC)c(C2CNCC3(CCCC3)CO2)c1. The van der Waals surface area contributed by atoms with Gasteiger partial charge >= 0.3 is 0 Å². The molecule has 2 aliphatic rings. The molecule has 1 heterocycles. The number of ether oxygens (including phenoxy) is 3. The fourth-order valence-electron chi connectivity index (χ4n) is 3.59. The highest BCUT2D eigenvalue weighted by atomic mass is 16.5. The Hall–Kier alpha value is -1.26. The first-order valence-electron chi connectivity index (χ1n) is 7.81. The highest BCUT2D eigenvalue weighted by molar-refractivity contribution is 5.42. The molecule has 1 N–H and O–H groups in total. The van der Waals surface area contributed by atoms with Gasteiger partial charge in [0.2, 0.25) is 0 Å². The van der Waals surface area contributed by atoms with Crippen molar-refractivity contribution in [2.24, 2.45) is 5.41 Å². The van der Waals surface area contributed by atoms with Crippen LogP contribution in [0.3, 0.4) is 0 Å². The van der Waals surface area contributed by atoms with Crippen molar-refractivity contribution in [3.05, 3.63) is 23.8 Å². The van der Waals surface area contributed by atoms with Crippen LogP contribution in [-0.2, 0) is 4.74 Å². The van der Waals surface area contributed by atoms with Gasteiger partial charge in [0, 0.05) is 24.1 Å². The van der Waals surface area contributed by atoms with Gasteiger partial charge in [0.1, 0.15) is 11.5 Å². The fourth-order valence-corrected chi connectivity index (χ4v) is 3.59. The van der Waals surface area contributed by atoms with E-state index in [-0.39, 0.29) is 6.10 Å². The van der Waals surface area contributed by atoms with Crippen molar-refractivity contribution in [3.8, 4) is 11.5 Å². The number of nitrogens with one attached hydrogen (secondary N) is 1. The molecule has 116 valence electrons. The summed E-state index contributed by atoms with van der Waals surface area (Å²) in [5, 5.41) is 3.60. The van der Waals surface area contributed by atoms with Crippen molar-refractivity contribution in [2.45, 2.75) is 31.8 Å². The molecule has 4 heteroatoms. The zero-order valence-electron chi connectivity index (χ0n) is 13.0. The van der Waals surface area contributed by atoms with E-state index in [9.17, 15) is 0 Å².